The van der Waals surface area contributed by atoms with Gasteiger partial charge in [0.2, 0.25) is 0 Å². The summed E-state index contributed by atoms with van der Waals surface area (Å²) in [4.78, 5) is 4.25. The van der Waals surface area contributed by atoms with Crippen LogP contribution in [0.1, 0.15) is 36.8 Å². The summed E-state index contributed by atoms with van der Waals surface area (Å²) >= 11 is 1.59. The van der Waals surface area contributed by atoms with Gasteiger partial charge < -0.3 is 4.52 Å². The third kappa shape index (κ3) is 3.71. The van der Waals surface area contributed by atoms with Gasteiger partial charge in [0, 0.05) is 29.8 Å². The first kappa shape index (κ1) is 18.4. The van der Waals surface area contributed by atoms with Gasteiger partial charge in [-0.25, -0.2) is 0 Å². The Balaban J connectivity index is 1.80. The SMILES string of the molecule is Cc1cc(CSc2nnc(-c3cccnc3)n2-c2ccccc2C(C)C)no1. The van der Waals surface area contributed by atoms with E-state index < -0.39 is 0 Å². The number of nitrogens with zero attached hydrogens (tertiary/aromatic N) is 5. The van der Waals surface area contributed by atoms with E-state index in [1.807, 2.05) is 37.4 Å². The van der Waals surface area contributed by atoms with Crippen LogP contribution < -0.4 is 0 Å². The molecule has 4 aromatic rings. The molecule has 0 fully saturated rings. The molecule has 7 heteroatoms. The van der Waals surface area contributed by atoms with Crippen molar-refractivity contribution in [1.82, 2.24) is 24.9 Å². The van der Waals surface area contributed by atoms with Crippen molar-refractivity contribution in [2.75, 3.05) is 0 Å². The van der Waals surface area contributed by atoms with E-state index in [1.165, 1.54) is 5.56 Å². The van der Waals surface area contributed by atoms with E-state index in [-0.39, 0.29) is 0 Å². The van der Waals surface area contributed by atoms with Crippen LogP contribution in [0.4, 0.5) is 0 Å². The summed E-state index contributed by atoms with van der Waals surface area (Å²) in [5.74, 6) is 2.61. The van der Waals surface area contributed by atoms with Crippen molar-refractivity contribution >= 4 is 11.8 Å². The molecule has 0 radical (unpaired) electrons. The lowest BCUT2D eigenvalue weighted by molar-refractivity contribution is 0.393. The molecule has 0 N–H and O–H groups in total. The molecule has 0 aliphatic carbocycles. The molecule has 3 aromatic heterocycles. The third-order valence-corrected chi connectivity index (χ3v) is 5.34. The first-order chi connectivity index (χ1) is 13.6. The number of benzene rings is 1. The Hall–Kier alpha value is -2.93. The molecule has 0 aliphatic rings. The zero-order valence-electron chi connectivity index (χ0n) is 16.0. The molecule has 0 amide bonds. The summed E-state index contributed by atoms with van der Waals surface area (Å²) in [6.07, 6.45) is 3.57. The van der Waals surface area contributed by atoms with E-state index in [0.29, 0.717) is 11.7 Å². The molecule has 142 valence electrons. The molecule has 0 aliphatic heterocycles. The van der Waals surface area contributed by atoms with Crippen LogP contribution in [0.2, 0.25) is 0 Å². The van der Waals surface area contributed by atoms with Crippen molar-refractivity contribution in [3.05, 3.63) is 71.9 Å². The van der Waals surface area contributed by atoms with E-state index in [4.69, 9.17) is 4.52 Å². The molecule has 0 saturated heterocycles. The standard InChI is InChI=1S/C21H21N5OS/c1-14(2)18-8-4-5-9-19(18)26-20(16-7-6-10-22-12-16)23-24-21(26)28-13-17-11-15(3)27-25-17/h4-12,14H,13H2,1-3H3. The lowest BCUT2D eigenvalue weighted by Crippen LogP contribution is -2.05. The highest BCUT2D eigenvalue weighted by molar-refractivity contribution is 7.98. The molecule has 0 atom stereocenters. The second kappa shape index (κ2) is 7.98. The predicted octanol–water partition coefficient (Wildman–Crippen LogP) is 5.04. The maximum atomic E-state index is 5.18. The van der Waals surface area contributed by atoms with Gasteiger partial charge >= 0.3 is 0 Å². The second-order valence-corrected chi connectivity index (χ2v) is 7.76. The Kier molecular flexibility index (Phi) is 5.25. The van der Waals surface area contributed by atoms with Crippen LogP contribution >= 0.6 is 11.8 Å². The van der Waals surface area contributed by atoms with E-state index >= 15 is 0 Å². The Bertz CT molecular complexity index is 1070. The van der Waals surface area contributed by atoms with Crippen molar-refractivity contribution in [1.29, 1.82) is 0 Å². The van der Waals surface area contributed by atoms with Crippen LogP contribution in [0.5, 0.6) is 0 Å². The third-order valence-electron chi connectivity index (χ3n) is 4.38. The molecule has 28 heavy (non-hydrogen) atoms. The maximum absolute atomic E-state index is 5.18. The molecule has 0 unspecified atom stereocenters. The number of aromatic nitrogens is 5. The Morgan fingerprint density at radius 2 is 1.96 bits per heavy atom. The molecular weight excluding hydrogens is 370 g/mol. The van der Waals surface area contributed by atoms with Gasteiger partial charge in [0.05, 0.1) is 11.4 Å². The molecule has 1 aromatic carbocycles. The van der Waals surface area contributed by atoms with Crippen molar-refractivity contribution in [2.45, 2.75) is 37.6 Å². The van der Waals surface area contributed by atoms with Crippen LogP contribution in [0, 0.1) is 6.92 Å². The zero-order valence-corrected chi connectivity index (χ0v) is 16.8. The summed E-state index contributed by atoms with van der Waals surface area (Å²) in [6, 6.07) is 14.2. The Labute approximate surface area is 168 Å². The topological polar surface area (TPSA) is 69.6 Å². The highest BCUT2D eigenvalue weighted by atomic mass is 32.2. The minimum atomic E-state index is 0.372. The van der Waals surface area contributed by atoms with E-state index in [0.717, 1.165) is 33.7 Å². The van der Waals surface area contributed by atoms with Gasteiger partial charge in [-0.05, 0) is 36.6 Å². The fraction of sp³-hybridized carbons (Fsp3) is 0.238. The summed E-state index contributed by atoms with van der Waals surface area (Å²) in [5.41, 5.74) is 4.14. The number of thioether (sulfide) groups is 1. The number of hydrogen-bond donors (Lipinski definition) is 0. The maximum Gasteiger partial charge on any atom is 0.196 e. The molecular formula is C21H21N5OS. The van der Waals surface area contributed by atoms with Gasteiger partial charge in [-0.1, -0.05) is 49.0 Å². The molecule has 6 nitrogen and oxygen atoms in total. The van der Waals surface area contributed by atoms with E-state index in [1.54, 1.807) is 18.0 Å². The van der Waals surface area contributed by atoms with E-state index in [2.05, 4.69) is 57.0 Å². The quantitative estimate of drug-likeness (QED) is 0.429. The van der Waals surface area contributed by atoms with Gasteiger partial charge in [0.25, 0.3) is 0 Å². The molecule has 0 bridgehead atoms. The summed E-state index contributed by atoms with van der Waals surface area (Å²) < 4.78 is 7.29. The van der Waals surface area contributed by atoms with Crippen LogP contribution in [0.15, 0.2) is 64.5 Å². The summed E-state index contributed by atoms with van der Waals surface area (Å²) in [6.45, 7) is 6.28. The molecule has 3 heterocycles. The van der Waals surface area contributed by atoms with Gasteiger partial charge in [-0.3, -0.25) is 9.55 Å². The normalized spacial score (nSPS) is 11.3. The van der Waals surface area contributed by atoms with Gasteiger partial charge in [0.1, 0.15) is 5.76 Å². The average molecular weight is 392 g/mol. The minimum absolute atomic E-state index is 0.372. The predicted molar refractivity (Wildman–Crippen MR) is 109 cm³/mol. The van der Waals surface area contributed by atoms with Crippen molar-refractivity contribution in [3.63, 3.8) is 0 Å². The monoisotopic (exact) mass is 391 g/mol. The highest BCUT2D eigenvalue weighted by Gasteiger charge is 2.19. The zero-order chi connectivity index (χ0) is 19.5. The first-order valence-electron chi connectivity index (χ1n) is 9.13. The van der Waals surface area contributed by atoms with Gasteiger partial charge in [0.15, 0.2) is 11.0 Å². The fourth-order valence-corrected chi connectivity index (χ4v) is 3.89. The minimum Gasteiger partial charge on any atom is -0.361 e. The van der Waals surface area contributed by atoms with Crippen molar-refractivity contribution in [2.24, 2.45) is 0 Å². The molecule has 0 saturated carbocycles. The summed E-state index contributed by atoms with van der Waals surface area (Å²) in [7, 11) is 0. The number of pyridine rings is 1. The van der Waals surface area contributed by atoms with Crippen LogP contribution in [-0.4, -0.2) is 24.9 Å². The number of rotatable bonds is 6. The first-order valence-corrected chi connectivity index (χ1v) is 10.1. The fourth-order valence-electron chi connectivity index (χ4n) is 3.07. The number of hydrogen-bond acceptors (Lipinski definition) is 6. The van der Waals surface area contributed by atoms with Crippen LogP contribution in [0.25, 0.3) is 17.1 Å². The smallest absolute Gasteiger partial charge is 0.196 e. The number of aryl methyl sites for hydroxylation is 1. The van der Waals surface area contributed by atoms with Crippen molar-refractivity contribution in [3.8, 4) is 17.1 Å². The Morgan fingerprint density at radius 1 is 1.11 bits per heavy atom. The van der Waals surface area contributed by atoms with Crippen molar-refractivity contribution < 1.29 is 4.52 Å². The number of para-hydroxylation sites is 1. The van der Waals surface area contributed by atoms with Gasteiger partial charge in [-0.2, -0.15) is 0 Å². The molecule has 4 rings (SSSR count). The lowest BCUT2D eigenvalue weighted by Gasteiger charge is -2.16. The largest absolute Gasteiger partial charge is 0.361 e. The van der Waals surface area contributed by atoms with E-state index in [9.17, 15) is 0 Å². The van der Waals surface area contributed by atoms with Crippen LogP contribution in [-0.2, 0) is 5.75 Å². The Morgan fingerprint density at radius 3 is 2.68 bits per heavy atom. The lowest BCUT2D eigenvalue weighted by atomic mass is 10.0. The van der Waals surface area contributed by atoms with Gasteiger partial charge in [-0.15, -0.1) is 10.2 Å². The second-order valence-electron chi connectivity index (χ2n) is 6.81. The highest BCUT2D eigenvalue weighted by Crippen LogP contribution is 2.32. The summed E-state index contributed by atoms with van der Waals surface area (Å²) in [5, 5.41) is 13.9. The van der Waals surface area contributed by atoms with Crippen LogP contribution in [0.3, 0.4) is 0 Å². The average Bonchev–Trinajstić information content (AvgIpc) is 3.33. The molecule has 0 spiro atoms.